The van der Waals surface area contributed by atoms with Crippen LogP contribution in [0, 0.1) is 24.2 Å². The summed E-state index contributed by atoms with van der Waals surface area (Å²) in [6, 6.07) is 0. The smallest absolute Gasteiger partial charge is 0.0593 e. The predicted molar refractivity (Wildman–Crippen MR) is 36.4 cm³/mol. The molecular formula is C8H15+. The summed E-state index contributed by atoms with van der Waals surface area (Å²) in [4.78, 5) is 0. The summed E-state index contributed by atoms with van der Waals surface area (Å²) < 4.78 is 0. The lowest BCUT2D eigenvalue weighted by Gasteiger charge is -2.44. The van der Waals surface area contributed by atoms with Crippen LogP contribution in [0.3, 0.4) is 0 Å². The summed E-state index contributed by atoms with van der Waals surface area (Å²) in [6.07, 6.45) is 1.31. The molecule has 1 fully saturated rings. The maximum atomic E-state index is 4.02. The van der Waals surface area contributed by atoms with Gasteiger partial charge in [0.05, 0.1) is 12.8 Å². The summed E-state index contributed by atoms with van der Waals surface area (Å²) >= 11 is 0. The van der Waals surface area contributed by atoms with Gasteiger partial charge in [-0.25, -0.2) is 0 Å². The standard InChI is InChI=1S/C8H15/c1-6-5-8(3,4)7(6)2/h6-7H,1,5H2,2-4H3/q+1. The van der Waals surface area contributed by atoms with Crippen molar-refractivity contribution in [2.75, 3.05) is 0 Å². The Morgan fingerprint density at radius 2 is 2.00 bits per heavy atom. The van der Waals surface area contributed by atoms with Crippen molar-refractivity contribution in [3.8, 4) is 0 Å². The molecule has 0 amide bonds. The molecule has 0 aromatic carbocycles. The lowest BCUT2D eigenvalue weighted by atomic mass is 9.57. The van der Waals surface area contributed by atoms with E-state index in [9.17, 15) is 0 Å². The highest BCUT2D eigenvalue weighted by Gasteiger charge is 2.45. The van der Waals surface area contributed by atoms with Gasteiger partial charge in [0.2, 0.25) is 0 Å². The van der Waals surface area contributed by atoms with Crippen LogP contribution in [0.5, 0.6) is 0 Å². The van der Waals surface area contributed by atoms with Crippen molar-refractivity contribution in [2.45, 2.75) is 27.2 Å². The third-order valence-electron chi connectivity index (χ3n) is 2.73. The highest BCUT2D eigenvalue weighted by molar-refractivity contribution is 4.93. The van der Waals surface area contributed by atoms with E-state index in [4.69, 9.17) is 0 Å². The largest absolute Gasteiger partial charge is 0.0988 e. The maximum absolute atomic E-state index is 4.02. The van der Waals surface area contributed by atoms with Crippen LogP contribution in [0.2, 0.25) is 0 Å². The van der Waals surface area contributed by atoms with Crippen molar-refractivity contribution in [1.29, 1.82) is 0 Å². The number of rotatable bonds is 0. The molecule has 1 rings (SSSR count). The second-order valence-electron chi connectivity index (χ2n) is 3.74. The molecule has 1 aliphatic carbocycles. The highest BCUT2D eigenvalue weighted by atomic mass is 14.5. The fourth-order valence-electron chi connectivity index (χ4n) is 1.52. The Hall–Kier alpha value is -0.130. The van der Waals surface area contributed by atoms with Crippen LogP contribution >= 0.6 is 0 Å². The van der Waals surface area contributed by atoms with Gasteiger partial charge in [0.25, 0.3) is 0 Å². The summed E-state index contributed by atoms with van der Waals surface area (Å²) in [6.45, 7) is 11.0. The summed E-state index contributed by atoms with van der Waals surface area (Å²) in [5.41, 5.74) is 0.590. The van der Waals surface area contributed by atoms with Crippen LogP contribution in [0.25, 0.3) is 0 Å². The van der Waals surface area contributed by atoms with Crippen LogP contribution in [-0.2, 0) is 0 Å². The Morgan fingerprint density at radius 3 is 2.00 bits per heavy atom. The summed E-state index contributed by atoms with van der Waals surface area (Å²) in [5.74, 6) is 1.56. The molecule has 0 nitrogen and oxygen atoms in total. The molecule has 0 heteroatoms. The van der Waals surface area contributed by atoms with Crippen LogP contribution in [0.1, 0.15) is 27.2 Å². The van der Waals surface area contributed by atoms with Gasteiger partial charge in [-0.15, -0.1) is 0 Å². The maximum Gasteiger partial charge on any atom is 0.0988 e. The Kier molecular flexibility index (Phi) is 1.07. The zero-order valence-electron chi connectivity index (χ0n) is 6.07. The van der Waals surface area contributed by atoms with Gasteiger partial charge in [0, 0.05) is 5.92 Å². The predicted octanol–water partition coefficient (Wildman–Crippen LogP) is 2.50. The second kappa shape index (κ2) is 1.43. The molecule has 0 aliphatic heterocycles. The lowest BCUT2D eigenvalue weighted by molar-refractivity contribution is 0.0315. The van der Waals surface area contributed by atoms with Crippen molar-refractivity contribution in [2.24, 2.45) is 17.3 Å². The van der Waals surface area contributed by atoms with Gasteiger partial charge in [0.1, 0.15) is 0 Å². The van der Waals surface area contributed by atoms with E-state index in [2.05, 4.69) is 27.7 Å². The first-order valence-electron chi connectivity index (χ1n) is 3.37. The van der Waals surface area contributed by atoms with Gasteiger partial charge < -0.3 is 0 Å². The molecule has 0 radical (unpaired) electrons. The normalized spacial score (nSPS) is 43.4. The molecule has 46 valence electrons. The van der Waals surface area contributed by atoms with Crippen LogP contribution in [-0.4, -0.2) is 0 Å². The van der Waals surface area contributed by atoms with Crippen LogP contribution < -0.4 is 0 Å². The highest BCUT2D eigenvalue weighted by Crippen LogP contribution is 2.49. The van der Waals surface area contributed by atoms with Crippen LogP contribution in [0.15, 0.2) is 0 Å². The minimum Gasteiger partial charge on any atom is -0.0593 e. The van der Waals surface area contributed by atoms with E-state index in [-0.39, 0.29) is 0 Å². The molecule has 8 heavy (non-hydrogen) atoms. The Morgan fingerprint density at radius 1 is 1.50 bits per heavy atom. The van der Waals surface area contributed by atoms with Crippen molar-refractivity contribution < 1.29 is 0 Å². The van der Waals surface area contributed by atoms with Gasteiger partial charge >= 0.3 is 0 Å². The average molecular weight is 111 g/mol. The first-order valence-corrected chi connectivity index (χ1v) is 3.37. The second-order valence-corrected chi connectivity index (χ2v) is 3.74. The minimum atomic E-state index is 0.590. The molecule has 0 saturated heterocycles. The van der Waals surface area contributed by atoms with Gasteiger partial charge in [-0.2, -0.15) is 0 Å². The SMILES string of the molecule is [CH2+]C1CC(C)(C)C1C. The fraction of sp³-hybridized carbons (Fsp3) is 0.875. The van der Waals surface area contributed by atoms with Crippen molar-refractivity contribution in [3.63, 3.8) is 0 Å². The molecule has 1 aliphatic rings. The monoisotopic (exact) mass is 111 g/mol. The third-order valence-corrected chi connectivity index (χ3v) is 2.73. The molecule has 0 spiro atoms. The zero-order chi connectivity index (χ0) is 6.36. The van der Waals surface area contributed by atoms with Crippen molar-refractivity contribution in [3.05, 3.63) is 6.92 Å². The summed E-state index contributed by atoms with van der Waals surface area (Å²) in [7, 11) is 0. The van der Waals surface area contributed by atoms with Crippen molar-refractivity contribution >= 4 is 0 Å². The average Bonchev–Trinajstić information content (AvgIpc) is 1.65. The van der Waals surface area contributed by atoms with Gasteiger partial charge in [-0.1, -0.05) is 20.8 Å². The fourth-order valence-corrected chi connectivity index (χ4v) is 1.52. The zero-order valence-corrected chi connectivity index (χ0v) is 6.07. The van der Waals surface area contributed by atoms with E-state index < -0.39 is 0 Å². The first-order chi connectivity index (χ1) is 3.54. The quantitative estimate of drug-likeness (QED) is 0.421. The van der Waals surface area contributed by atoms with Gasteiger partial charge in [-0.3, -0.25) is 0 Å². The van der Waals surface area contributed by atoms with Crippen molar-refractivity contribution in [1.82, 2.24) is 0 Å². The number of hydrogen-bond donors (Lipinski definition) is 0. The van der Waals surface area contributed by atoms with E-state index >= 15 is 0 Å². The summed E-state index contributed by atoms with van der Waals surface area (Å²) in [5, 5.41) is 0. The van der Waals surface area contributed by atoms with E-state index in [1.165, 1.54) is 6.42 Å². The Labute approximate surface area is 52.3 Å². The van der Waals surface area contributed by atoms with E-state index in [1.54, 1.807) is 0 Å². The number of hydrogen-bond acceptors (Lipinski definition) is 0. The topological polar surface area (TPSA) is 0 Å². The minimum absolute atomic E-state index is 0.590. The molecule has 1 saturated carbocycles. The molecule has 0 bridgehead atoms. The molecule has 2 unspecified atom stereocenters. The molecule has 0 heterocycles. The Balaban J connectivity index is 2.47. The molecule has 2 atom stereocenters. The van der Waals surface area contributed by atoms with Gasteiger partial charge in [-0.05, 0) is 11.8 Å². The van der Waals surface area contributed by atoms with Crippen LogP contribution in [0.4, 0.5) is 0 Å². The molecule has 0 aromatic heterocycles. The molecule has 0 N–H and O–H groups in total. The first kappa shape index (κ1) is 6.00. The molecular weight excluding hydrogens is 96.1 g/mol. The van der Waals surface area contributed by atoms with E-state index in [0.29, 0.717) is 5.41 Å². The van der Waals surface area contributed by atoms with E-state index in [1.807, 2.05) is 0 Å². The molecule has 0 aromatic rings. The Bertz CT molecular complexity index is 92.2. The van der Waals surface area contributed by atoms with E-state index in [0.717, 1.165) is 11.8 Å². The third kappa shape index (κ3) is 0.630. The lowest BCUT2D eigenvalue weighted by Crippen LogP contribution is -2.40. The van der Waals surface area contributed by atoms with Gasteiger partial charge in [0.15, 0.2) is 0 Å².